The van der Waals surface area contributed by atoms with Gasteiger partial charge in [0.05, 0.1) is 4.88 Å². The first-order chi connectivity index (χ1) is 9.63. The van der Waals surface area contributed by atoms with Crippen molar-refractivity contribution in [3.8, 4) is 5.75 Å². The van der Waals surface area contributed by atoms with Gasteiger partial charge in [0.25, 0.3) is 5.91 Å². The molecular weight excluding hydrogens is 277 g/mol. The molecule has 1 heterocycles. The van der Waals surface area contributed by atoms with E-state index >= 15 is 0 Å². The number of hydrogen-bond donors (Lipinski definition) is 2. The SMILES string of the molecule is O=C(Nc1ccc(O)c(F)c1)c1cc2ccccc2s1. The first kappa shape index (κ1) is 12.6. The standard InChI is InChI=1S/C15H10FNO2S/c16-11-8-10(5-6-12(11)18)17-15(19)14-7-9-3-1-2-4-13(9)20-14/h1-8,18H,(H,17,19). The summed E-state index contributed by atoms with van der Waals surface area (Å²) in [5.74, 6) is -1.50. The number of benzene rings is 2. The van der Waals surface area contributed by atoms with Gasteiger partial charge in [-0.2, -0.15) is 0 Å². The number of hydrogen-bond acceptors (Lipinski definition) is 3. The molecule has 0 aliphatic carbocycles. The van der Waals surface area contributed by atoms with E-state index in [4.69, 9.17) is 5.11 Å². The molecule has 2 N–H and O–H groups in total. The molecule has 1 amide bonds. The largest absolute Gasteiger partial charge is 0.505 e. The van der Waals surface area contributed by atoms with E-state index in [1.54, 1.807) is 6.07 Å². The van der Waals surface area contributed by atoms with Crippen LogP contribution in [0.5, 0.6) is 5.75 Å². The molecule has 5 heteroatoms. The van der Waals surface area contributed by atoms with Crippen LogP contribution in [0.25, 0.3) is 10.1 Å². The molecule has 0 radical (unpaired) electrons. The zero-order valence-corrected chi connectivity index (χ0v) is 11.1. The predicted molar refractivity (Wildman–Crippen MR) is 77.8 cm³/mol. The Bertz CT molecular complexity index is 764. The molecule has 100 valence electrons. The Morgan fingerprint density at radius 2 is 1.95 bits per heavy atom. The Morgan fingerprint density at radius 1 is 1.15 bits per heavy atom. The first-order valence-electron chi connectivity index (χ1n) is 5.92. The third kappa shape index (κ3) is 2.35. The summed E-state index contributed by atoms with van der Waals surface area (Å²) in [6.07, 6.45) is 0. The number of phenolic OH excluding ortho intramolecular Hbond substituents is 1. The second kappa shape index (κ2) is 4.94. The van der Waals surface area contributed by atoms with Crippen molar-refractivity contribution in [3.63, 3.8) is 0 Å². The van der Waals surface area contributed by atoms with E-state index in [-0.39, 0.29) is 5.91 Å². The van der Waals surface area contributed by atoms with Gasteiger partial charge < -0.3 is 10.4 Å². The van der Waals surface area contributed by atoms with Gasteiger partial charge in [-0.15, -0.1) is 11.3 Å². The molecule has 0 aliphatic rings. The van der Waals surface area contributed by atoms with Crippen LogP contribution in [-0.4, -0.2) is 11.0 Å². The van der Waals surface area contributed by atoms with Crippen molar-refractivity contribution < 1.29 is 14.3 Å². The molecule has 0 fully saturated rings. The maximum Gasteiger partial charge on any atom is 0.265 e. The third-order valence-electron chi connectivity index (χ3n) is 2.85. The molecular formula is C15H10FNO2S. The van der Waals surface area contributed by atoms with Crippen molar-refractivity contribution in [2.24, 2.45) is 0 Å². The predicted octanol–water partition coefficient (Wildman–Crippen LogP) is 4.00. The minimum absolute atomic E-state index is 0.295. The van der Waals surface area contributed by atoms with Gasteiger partial charge in [-0.05, 0) is 29.7 Å². The average Bonchev–Trinajstić information content (AvgIpc) is 2.87. The summed E-state index contributed by atoms with van der Waals surface area (Å²) in [7, 11) is 0. The number of carbonyl (C=O) groups is 1. The normalized spacial score (nSPS) is 10.7. The van der Waals surface area contributed by atoms with E-state index in [0.717, 1.165) is 16.2 Å². The molecule has 20 heavy (non-hydrogen) atoms. The topological polar surface area (TPSA) is 49.3 Å². The first-order valence-corrected chi connectivity index (χ1v) is 6.73. The molecule has 3 rings (SSSR count). The van der Waals surface area contributed by atoms with E-state index in [9.17, 15) is 9.18 Å². The number of thiophene rings is 1. The van der Waals surface area contributed by atoms with Gasteiger partial charge in [-0.3, -0.25) is 4.79 Å². The summed E-state index contributed by atoms with van der Waals surface area (Å²) in [6.45, 7) is 0. The number of rotatable bonds is 2. The Labute approximate surface area is 118 Å². The van der Waals surface area contributed by atoms with Gasteiger partial charge >= 0.3 is 0 Å². The molecule has 2 aromatic carbocycles. The lowest BCUT2D eigenvalue weighted by molar-refractivity contribution is 0.103. The highest BCUT2D eigenvalue weighted by molar-refractivity contribution is 7.20. The minimum Gasteiger partial charge on any atom is -0.505 e. The number of anilines is 1. The Hall–Kier alpha value is -2.40. The quantitative estimate of drug-likeness (QED) is 0.700. The van der Waals surface area contributed by atoms with E-state index < -0.39 is 11.6 Å². The summed E-state index contributed by atoms with van der Waals surface area (Å²) >= 11 is 1.38. The fraction of sp³-hybridized carbons (Fsp3) is 0. The summed E-state index contributed by atoms with van der Waals surface area (Å²) in [5, 5.41) is 12.7. The molecule has 3 aromatic rings. The van der Waals surface area contributed by atoms with Gasteiger partial charge in [-0.1, -0.05) is 18.2 Å². The number of fused-ring (bicyclic) bond motifs is 1. The maximum atomic E-state index is 13.2. The molecule has 0 bridgehead atoms. The highest BCUT2D eigenvalue weighted by Crippen LogP contribution is 2.26. The van der Waals surface area contributed by atoms with Crippen LogP contribution in [0.2, 0.25) is 0 Å². The van der Waals surface area contributed by atoms with E-state index in [1.165, 1.54) is 23.5 Å². The number of carbonyl (C=O) groups excluding carboxylic acids is 1. The summed E-state index contributed by atoms with van der Waals surface area (Å²) in [5.41, 5.74) is 0.308. The lowest BCUT2D eigenvalue weighted by atomic mass is 10.2. The smallest absolute Gasteiger partial charge is 0.265 e. The van der Waals surface area contributed by atoms with Crippen LogP contribution in [-0.2, 0) is 0 Å². The fourth-order valence-electron chi connectivity index (χ4n) is 1.87. The van der Waals surface area contributed by atoms with Crippen molar-refractivity contribution in [2.75, 3.05) is 5.32 Å². The zero-order chi connectivity index (χ0) is 14.1. The van der Waals surface area contributed by atoms with Crippen molar-refractivity contribution in [3.05, 3.63) is 59.2 Å². The van der Waals surface area contributed by atoms with Crippen molar-refractivity contribution in [1.82, 2.24) is 0 Å². The van der Waals surface area contributed by atoms with Gasteiger partial charge in [0.2, 0.25) is 0 Å². The molecule has 0 saturated heterocycles. The molecule has 0 spiro atoms. The highest BCUT2D eigenvalue weighted by atomic mass is 32.1. The van der Waals surface area contributed by atoms with Gasteiger partial charge in [0, 0.05) is 16.5 Å². The third-order valence-corrected chi connectivity index (χ3v) is 3.97. The number of halogens is 1. The van der Waals surface area contributed by atoms with Gasteiger partial charge in [0.15, 0.2) is 11.6 Å². The fourth-order valence-corrected chi connectivity index (χ4v) is 2.83. The summed E-state index contributed by atoms with van der Waals surface area (Å²) < 4.78 is 14.2. The van der Waals surface area contributed by atoms with Crippen molar-refractivity contribution in [1.29, 1.82) is 0 Å². The number of nitrogens with one attached hydrogen (secondary N) is 1. The minimum atomic E-state index is -0.765. The molecule has 0 saturated carbocycles. The number of phenols is 1. The molecule has 0 unspecified atom stereocenters. The molecule has 0 atom stereocenters. The highest BCUT2D eigenvalue weighted by Gasteiger charge is 2.11. The summed E-state index contributed by atoms with van der Waals surface area (Å²) in [6, 6.07) is 13.2. The maximum absolute atomic E-state index is 13.2. The zero-order valence-electron chi connectivity index (χ0n) is 10.3. The van der Waals surface area contributed by atoms with Crippen LogP contribution in [0.15, 0.2) is 48.5 Å². The van der Waals surface area contributed by atoms with Gasteiger partial charge in [-0.25, -0.2) is 4.39 Å². The van der Waals surface area contributed by atoms with Crippen LogP contribution in [0, 0.1) is 5.82 Å². The lowest BCUT2D eigenvalue weighted by Crippen LogP contribution is -2.10. The van der Waals surface area contributed by atoms with Crippen LogP contribution in [0.1, 0.15) is 9.67 Å². The van der Waals surface area contributed by atoms with E-state index in [1.807, 2.05) is 24.3 Å². The van der Waals surface area contributed by atoms with Crippen LogP contribution in [0.3, 0.4) is 0 Å². The van der Waals surface area contributed by atoms with E-state index in [0.29, 0.717) is 10.6 Å². The molecule has 0 aliphatic heterocycles. The number of aromatic hydroxyl groups is 1. The second-order valence-electron chi connectivity index (χ2n) is 4.27. The Kier molecular flexibility index (Phi) is 3.12. The van der Waals surface area contributed by atoms with Gasteiger partial charge in [0.1, 0.15) is 0 Å². The second-order valence-corrected chi connectivity index (χ2v) is 5.35. The number of amides is 1. The van der Waals surface area contributed by atoms with Crippen LogP contribution in [0.4, 0.5) is 10.1 Å². The summed E-state index contributed by atoms with van der Waals surface area (Å²) in [4.78, 5) is 12.6. The molecule has 3 nitrogen and oxygen atoms in total. The Balaban J connectivity index is 1.86. The van der Waals surface area contributed by atoms with Crippen molar-refractivity contribution in [2.45, 2.75) is 0 Å². The Morgan fingerprint density at radius 3 is 2.70 bits per heavy atom. The van der Waals surface area contributed by atoms with Crippen LogP contribution >= 0.6 is 11.3 Å². The molecule has 1 aromatic heterocycles. The van der Waals surface area contributed by atoms with Crippen LogP contribution < -0.4 is 5.32 Å². The van der Waals surface area contributed by atoms with E-state index in [2.05, 4.69) is 5.32 Å². The lowest BCUT2D eigenvalue weighted by Gasteiger charge is -2.04. The monoisotopic (exact) mass is 287 g/mol. The van der Waals surface area contributed by atoms with Crippen molar-refractivity contribution >= 4 is 33.0 Å². The average molecular weight is 287 g/mol.